The summed E-state index contributed by atoms with van der Waals surface area (Å²) in [6.07, 6.45) is 1.45. The normalized spacial score (nSPS) is 14.0. The third-order valence-electron chi connectivity index (χ3n) is 3.24. The van der Waals surface area contributed by atoms with Crippen molar-refractivity contribution in [2.45, 2.75) is 20.0 Å². The van der Waals surface area contributed by atoms with Gasteiger partial charge in [-0.25, -0.2) is 9.67 Å². The molecule has 0 radical (unpaired) electrons. The van der Waals surface area contributed by atoms with Gasteiger partial charge in [-0.3, -0.25) is 14.5 Å². The SMILES string of the molecule is CCn1ncnc1CN1C(=O)C(=O)c2c(Br)cccc21. The molecule has 0 aliphatic carbocycles. The number of amides is 1. The molecule has 0 unspecified atom stereocenters. The number of Topliss-reactive ketones (excluding diaryl/α,β-unsaturated/α-hetero) is 1. The Morgan fingerprint density at radius 3 is 2.85 bits per heavy atom. The van der Waals surface area contributed by atoms with Gasteiger partial charge in [0.1, 0.15) is 12.2 Å². The Bertz CT molecular complexity index is 710. The minimum absolute atomic E-state index is 0.238. The largest absolute Gasteiger partial charge is 0.299 e. The van der Waals surface area contributed by atoms with Gasteiger partial charge >= 0.3 is 0 Å². The molecule has 2 heterocycles. The van der Waals surface area contributed by atoms with E-state index in [9.17, 15) is 9.59 Å². The number of benzene rings is 1. The van der Waals surface area contributed by atoms with Crippen LogP contribution in [0.4, 0.5) is 5.69 Å². The predicted molar refractivity (Wildman–Crippen MR) is 75.4 cm³/mol. The van der Waals surface area contributed by atoms with Crippen molar-refractivity contribution < 1.29 is 9.59 Å². The van der Waals surface area contributed by atoms with Crippen molar-refractivity contribution in [1.29, 1.82) is 0 Å². The van der Waals surface area contributed by atoms with E-state index in [1.165, 1.54) is 11.2 Å². The van der Waals surface area contributed by atoms with Gasteiger partial charge in [-0.05, 0) is 35.0 Å². The molecule has 1 aromatic carbocycles. The van der Waals surface area contributed by atoms with E-state index in [4.69, 9.17) is 0 Å². The van der Waals surface area contributed by atoms with Crippen molar-refractivity contribution in [2.24, 2.45) is 0 Å². The van der Waals surface area contributed by atoms with Crippen LogP contribution in [-0.4, -0.2) is 26.5 Å². The van der Waals surface area contributed by atoms with Crippen molar-refractivity contribution in [3.63, 3.8) is 0 Å². The predicted octanol–water partition coefficient (Wildman–Crippen LogP) is 1.79. The van der Waals surface area contributed by atoms with E-state index in [0.29, 0.717) is 28.1 Å². The standard InChI is InChI=1S/C13H11BrN4O2/c1-2-18-10(15-7-16-18)6-17-9-5-3-4-8(14)11(9)12(19)13(17)20/h3-5,7H,2,6H2,1H3. The second-order valence-electron chi connectivity index (χ2n) is 4.35. The number of rotatable bonds is 3. The Hall–Kier alpha value is -2.02. The average Bonchev–Trinajstić information content (AvgIpc) is 2.98. The van der Waals surface area contributed by atoms with Crippen molar-refractivity contribution in [1.82, 2.24) is 14.8 Å². The lowest BCUT2D eigenvalue weighted by Crippen LogP contribution is -2.30. The van der Waals surface area contributed by atoms with Gasteiger partial charge in [-0.2, -0.15) is 5.10 Å². The molecule has 1 aliphatic heterocycles. The number of fused-ring (bicyclic) bond motifs is 1. The Labute approximate surface area is 123 Å². The second kappa shape index (κ2) is 4.82. The molecule has 7 heteroatoms. The number of hydrogen-bond donors (Lipinski definition) is 0. The molecule has 1 aliphatic rings. The number of carbonyl (C=O) groups is 2. The molecule has 1 amide bonds. The fraction of sp³-hybridized carbons (Fsp3) is 0.231. The molecule has 6 nitrogen and oxygen atoms in total. The van der Waals surface area contributed by atoms with Crippen LogP contribution in [0.2, 0.25) is 0 Å². The first-order valence-electron chi connectivity index (χ1n) is 6.15. The van der Waals surface area contributed by atoms with Gasteiger partial charge in [0.15, 0.2) is 0 Å². The summed E-state index contributed by atoms with van der Waals surface area (Å²) in [6, 6.07) is 5.31. The van der Waals surface area contributed by atoms with E-state index in [1.807, 2.05) is 6.92 Å². The second-order valence-corrected chi connectivity index (χ2v) is 5.20. The Balaban J connectivity index is 2.02. The first-order valence-corrected chi connectivity index (χ1v) is 6.94. The molecule has 2 aromatic rings. The zero-order valence-corrected chi connectivity index (χ0v) is 12.3. The summed E-state index contributed by atoms with van der Waals surface area (Å²) in [5.41, 5.74) is 1.03. The summed E-state index contributed by atoms with van der Waals surface area (Å²) in [5.74, 6) is -0.367. The maximum absolute atomic E-state index is 12.1. The average molecular weight is 335 g/mol. The number of carbonyl (C=O) groups excluding carboxylic acids is 2. The number of anilines is 1. The summed E-state index contributed by atoms with van der Waals surface area (Å²) in [7, 11) is 0. The van der Waals surface area contributed by atoms with Crippen molar-refractivity contribution in [3.05, 3.63) is 40.4 Å². The maximum atomic E-state index is 12.1. The van der Waals surface area contributed by atoms with E-state index < -0.39 is 11.7 Å². The van der Waals surface area contributed by atoms with Gasteiger partial charge < -0.3 is 0 Å². The molecule has 0 atom stereocenters. The highest BCUT2D eigenvalue weighted by molar-refractivity contribution is 9.10. The lowest BCUT2D eigenvalue weighted by molar-refractivity contribution is -0.114. The van der Waals surface area contributed by atoms with Crippen LogP contribution in [0.1, 0.15) is 23.1 Å². The zero-order valence-electron chi connectivity index (χ0n) is 10.7. The molecule has 0 saturated heterocycles. The van der Waals surface area contributed by atoms with Gasteiger partial charge in [-0.1, -0.05) is 6.07 Å². The van der Waals surface area contributed by atoms with Crippen LogP contribution in [0, 0.1) is 0 Å². The van der Waals surface area contributed by atoms with E-state index in [0.717, 1.165) is 0 Å². The quantitative estimate of drug-likeness (QED) is 0.802. The lowest BCUT2D eigenvalue weighted by Gasteiger charge is -2.16. The summed E-state index contributed by atoms with van der Waals surface area (Å²) >= 11 is 3.32. The molecule has 0 saturated carbocycles. The third-order valence-corrected chi connectivity index (χ3v) is 3.90. The number of nitrogens with zero attached hydrogens (tertiary/aromatic N) is 4. The van der Waals surface area contributed by atoms with Crippen LogP contribution in [0.5, 0.6) is 0 Å². The minimum Gasteiger partial charge on any atom is -0.297 e. The number of aryl methyl sites for hydroxylation is 1. The highest BCUT2D eigenvalue weighted by Crippen LogP contribution is 2.34. The highest BCUT2D eigenvalue weighted by atomic mass is 79.9. The van der Waals surface area contributed by atoms with Gasteiger partial charge in [0.2, 0.25) is 0 Å². The lowest BCUT2D eigenvalue weighted by atomic mass is 10.1. The van der Waals surface area contributed by atoms with Crippen molar-refractivity contribution in [2.75, 3.05) is 4.90 Å². The minimum atomic E-state index is -0.530. The van der Waals surface area contributed by atoms with Gasteiger partial charge in [-0.15, -0.1) is 0 Å². The van der Waals surface area contributed by atoms with Crippen LogP contribution in [0.3, 0.4) is 0 Å². The number of aromatic nitrogens is 3. The third kappa shape index (κ3) is 1.85. The van der Waals surface area contributed by atoms with Crippen LogP contribution in [0.15, 0.2) is 29.0 Å². The molecule has 0 spiro atoms. The van der Waals surface area contributed by atoms with Crippen LogP contribution in [0.25, 0.3) is 0 Å². The first-order chi connectivity index (χ1) is 9.63. The van der Waals surface area contributed by atoms with Crippen molar-refractivity contribution in [3.8, 4) is 0 Å². The summed E-state index contributed by atoms with van der Waals surface area (Å²) in [4.78, 5) is 29.8. The van der Waals surface area contributed by atoms with Gasteiger partial charge in [0, 0.05) is 11.0 Å². The molecule has 0 N–H and O–H groups in total. The molecule has 102 valence electrons. The van der Waals surface area contributed by atoms with E-state index in [-0.39, 0.29) is 6.54 Å². The van der Waals surface area contributed by atoms with Crippen LogP contribution in [-0.2, 0) is 17.9 Å². The molecular weight excluding hydrogens is 324 g/mol. The highest BCUT2D eigenvalue weighted by Gasteiger charge is 2.37. The summed E-state index contributed by atoms with van der Waals surface area (Å²) < 4.78 is 2.33. The number of halogens is 1. The number of ketones is 1. The summed E-state index contributed by atoms with van der Waals surface area (Å²) in [6.45, 7) is 2.85. The van der Waals surface area contributed by atoms with Gasteiger partial charge in [0.05, 0.1) is 17.8 Å². The topological polar surface area (TPSA) is 68.1 Å². The van der Waals surface area contributed by atoms with E-state index in [1.54, 1.807) is 22.9 Å². The Morgan fingerprint density at radius 2 is 2.10 bits per heavy atom. The fourth-order valence-electron chi connectivity index (χ4n) is 2.27. The van der Waals surface area contributed by atoms with Crippen LogP contribution < -0.4 is 4.90 Å². The molecule has 0 fully saturated rings. The van der Waals surface area contributed by atoms with E-state index in [2.05, 4.69) is 26.0 Å². The first kappa shape index (κ1) is 13.0. The molecule has 1 aromatic heterocycles. The Kier molecular flexibility index (Phi) is 3.13. The molecular formula is C13H11BrN4O2. The van der Waals surface area contributed by atoms with Crippen molar-refractivity contribution >= 4 is 33.3 Å². The smallest absolute Gasteiger partial charge is 0.297 e. The molecule has 0 bridgehead atoms. The fourth-order valence-corrected chi connectivity index (χ4v) is 2.81. The molecule has 3 rings (SSSR count). The molecule has 20 heavy (non-hydrogen) atoms. The zero-order chi connectivity index (χ0) is 14.3. The van der Waals surface area contributed by atoms with Crippen LogP contribution >= 0.6 is 15.9 Å². The summed E-state index contributed by atoms with van der Waals surface area (Å²) in [5, 5.41) is 4.07. The monoisotopic (exact) mass is 334 g/mol. The Morgan fingerprint density at radius 1 is 1.30 bits per heavy atom. The maximum Gasteiger partial charge on any atom is 0.299 e. The van der Waals surface area contributed by atoms with Gasteiger partial charge in [0.25, 0.3) is 11.7 Å². The van der Waals surface area contributed by atoms with E-state index >= 15 is 0 Å². The number of hydrogen-bond acceptors (Lipinski definition) is 4.